The highest BCUT2D eigenvalue weighted by Crippen LogP contribution is 2.44. The fraction of sp³-hybridized carbons (Fsp3) is 0.857. The highest BCUT2D eigenvalue weighted by atomic mass is 28.4. The van der Waals surface area contributed by atoms with E-state index in [1.807, 2.05) is 6.08 Å². The van der Waals surface area contributed by atoms with Crippen molar-refractivity contribution in [2.45, 2.75) is 76.7 Å². The van der Waals surface area contributed by atoms with Crippen LogP contribution in [0.3, 0.4) is 0 Å². The van der Waals surface area contributed by atoms with Crippen LogP contribution >= 0.6 is 0 Å². The Bertz CT molecular complexity index is 335. The van der Waals surface area contributed by atoms with Crippen LogP contribution in [0, 0.1) is 0 Å². The van der Waals surface area contributed by atoms with Gasteiger partial charge in [-0.15, -0.1) is 0 Å². The molecule has 1 fully saturated rings. The summed E-state index contributed by atoms with van der Waals surface area (Å²) in [5.41, 5.74) is 1.67. The zero-order valence-electron chi connectivity index (χ0n) is 13.3. The molecule has 2 radical (unpaired) electrons. The van der Waals surface area contributed by atoms with Gasteiger partial charge in [-0.2, -0.15) is 0 Å². The molecule has 0 aromatic heterocycles. The van der Waals surface area contributed by atoms with Gasteiger partial charge in [0, 0.05) is 0 Å². The predicted molar refractivity (Wildman–Crippen MR) is 81.6 cm³/mol. The molecule has 4 nitrogen and oxygen atoms in total. The first-order valence-corrected chi connectivity index (χ1v) is 10.4. The smallest absolute Gasteiger partial charge is 0.436 e. The van der Waals surface area contributed by atoms with Crippen molar-refractivity contribution < 1.29 is 18.0 Å². The van der Waals surface area contributed by atoms with E-state index in [0.717, 1.165) is 0 Å². The second kappa shape index (κ2) is 6.31. The number of ether oxygens (including phenoxy) is 1. The summed E-state index contributed by atoms with van der Waals surface area (Å²) in [6, 6.07) is 0. The first kappa shape index (κ1) is 16.2. The fourth-order valence-corrected chi connectivity index (χ4v) is 9.84. The SMILES string of the molecule is CC(C)[Si](O[C@@H]1C=CO[C@@H]2O[Si]O[C@@H]21)(C(C)C)C(C)C. The maximum atomic E-state index is 6.75. The Labute approximate surface area is 126 Å². The molecular weight excluding hydrogens is 288 g/mol. The number of fused-ring (bicyclic) bond motifs is 1. The Hall–Kier alpha value is -0.146. The lowest BCUT2D eigenvalue weighted by Gasteiger charge is -2.45. The molecule has 0 saturated carbocycles. The minimum atomic E-state index is -1.91. The van der Waals surface area contributed by atoms with Crippen molar-refractivity contribution in [2.24, 2.45) is 0 Å². The Morgan fingerprint density at radius 2 is 1.60 bits per heavy atom. The largest absolute Gasteiger partial charge is 0.471 e. The third kappa shape index (κ3) is 2.76. The van der Waals surface area contributed by atoms with Crippen molar-refractivity contribution in [1.29, 1.82) is 0 Å². The van der Waals surface area contributed by atoms with Gasteiger partial charge in [0.1, 0.15) is 6.10 Å². The molecule has 2 aliphatic heterocycles. The van der Waals surface area contributed by atoms with Gasteiger partial charge in [-0.3, -0.25) is 0 Å². The first-order chi connectivity index (χ1) is 9.39. The number of hydrogen-bond acceptors (Lipinski definition) is 4. The van der Waals surface area contributed by atoms with Gasteiger partial charge in [0.15, 0.2) is 0 Å². The van der Waals surface area contributed by atoms with Crippen molar-refractivity contribution in [1.82, 2.24) is 0 Å². The van der Waals surface area contributed by atoms with Crippen LogP contribution in [0.1, 0.15) is 41.5 Å². The van der Waals surface area contributed by atoms with E-state index in [2.05, 4.69) is 41.5 Å². The molecular formula is C14H26O4Si2. The topological polar surface area (TPSA) is 36.9 Å². The summed E-state index contributed by atoms with van der Waals surface area (Å²) < 4.78 is 23.3. The van der Waals surface area contributed by atoms with E-state index in [1.165, 1.54) is 0 Å². The maximum absolute atomic E-state index is 6.75. The lowest BCUT2D eigenvalue weighted by molar-refractivity contribution is -0.0914. The maximum Gasteiger partial charge on any atom is 0.436 e. The van der Waals surface area contributed by atoms with E-state index >= 15 is 0 Å². The molecule has 6 heteroatoms. The van der Waals surface area contributed by atoms with Crippen LogP contribution in [0.15, 0.2) is 12.3 Å². The number of rotatable bonds is 5. The molecule has 0 amide bonds. The normalized spacial score (nSPS) is 30.1. The second-order valence-corrected chi connectivity index (χ2v) is 12.6. The Morgan fingerprint density at radius 3 is 2.15 bits per heavy atom. The quantitative estimate of drug-likeness (QED) is 0.729. The molecule has 20 heavy (non-hydrogen) atoms. The molecule has 1 saturated heterocycles. The fourth-order valence-electron chi connectivity index (χ4n) is 3.64. The molecule has 0 N–H and O–H groups in total. The Kier molecular flexibility index (Phi) is 5.12. The average Bonchev–Trinajstić information content (AvgIpc) is 2.83. The van der Waals surface area contributed by atoms with Gasteiger partial charge in [-0.1, -0.05) is 41.5 Å². The molecule has 2 rings (SSSR count). The van der Waals surface area contributed by atoms with Crippen molar-refractivity contribution in [3.8, 4) is 0 Å². The van der Waals surface area contributed by atoms with Crippen molar-refractivity contribution in [2.75, 3.05) is 0 Å². The summed E-state index contributed by atoms with van der Waals surface area (Å²) in [6.45, 7) is 13.8. The minimum absolute atomic E-state index is 0.0493. The standard InChI is InChI=1S/C14H26O4Si2/c1-9(2)20(10(3)4,11(5)6)18-12-7-8-15-14-13(12)16-19-17-14/h7-14H,1-6H3/t12-,13-,14-/m1/s1. The monoisotopic (exact) mass is 314 g/mol. The molecule has 0 aliphatic carbocycles. The van der Waals surface area contributed by atoms with E-state index in [9.17, 15) is 0 Å². The van der Waals surface area contributed by atoms with Crippen LogP contribution in [-0.4, -0.2) is 36.8 Å². The average molecular weight is 315 g/mol. The van der Waals surface area contributed by atoms with Gasteiger partial charge in [0.2, 0.25) is 14.6 Å². The summed E-state index contributed by atoms with van der Waals surface area (Å²) in [6.07, 6.45) is 3.20. The van der Waals surface area contributed by atoms with Gasteiger partial charge in [0.05, 0.1) is 12.4 Å². The molecule has 0 spiro atoms. The van der Waals surface area contributed by atoms with E-state index in [-0.39, 0.29) is 28.5 Å². The lowest BCUT2D eigenvalue weighted by atomic mass is 10.2. The molecule has 0 aromatic carbocycles. The van der Waals surface area contributed by atoms with E-state index in [4.69, 9.17) is 18.0 Å². The van der Waals surface area contributed by atoms with Gasteiger partial charge < -0.3 is 18.0 Å². The summed E-state index contributed by atoms with van der Waals surface area (Å²) >= 11 is 0. The van der Waals surface area contributed by atoms with Gasteiger partial charge >= 0.3 is 10.0 Å². The first-order valence-electron chi connectivity index (χ1n) is 7.45. The molecule has 0 bridgehead atoms. The Morgan fingerprint density at radius 1 is 1.00 bits per heavy atom. The summed E-state index contributed by atoms with van der Waals surface area (Å²) in [5.74, 6) is 0. The molecule has 0 unspecified atom stereocenters. The molecule has 114 valence electrons. The predicted octanol–water partition coefficient (Wildman–Crippen LogP) is 3.37. The summed E-state index contributed by atoms with van der Waals surface area (Å²) in [5, 5.41) is 0. The van der Waals surface area contributed by atoms with Crippen LogP contribution in [0.2, 0.25) is 16.6 Å². The highest BCUT2D eigenvalue weighted by Gasteiger charge is 2.50. The molecule has 3 atom stereocenters. The van der Waals surface area contributed by atoms with E-state index in [1.54, 1.807) is 6.26 Å². The molecule has 0 aromatic rings. The van der Waals surface area contributed by atoms with Crippen LogP contribution < -0.4 is 0 Å². The lowest BCUT2D eigenvalue weighted by Crippen LogP contribution is -2.54. The van der Waals surface area contributed by atoms with Gasteiger partial charge in [0.25, 0.3) is 0 Å². The zero-order valence-corrected chi connectivity index (χ0v) is 15.3. The van der Waals surface area contributed by atoms with Crippen molar-refractivity contribution in [3.05, 3.63) is 12.3 Å². The van der Waals surface area contributed by atoms with Crippen LogP contribution in [0.4, 0.5) is 0 Å². The van der Waals surface area contributed by atoms with Crippen LogP contribution in [0.5, 0.6) is 0 Å². The van der Waals surface area contributed by atoms with E-state index in [0.29, 0.717) is 16.6 Å². The summed E-state index contributed by atoms with van der Waals surface area (Å²) in [7, 11) is -1.86. The molecule has 2 aliphatic rings. The highest BCUT2D eigenvalue weighted by molar-refractivity contribution is 6.77. The van der Waals surface area contributed by atoms with Crippen molar-refractivity contribution >= 4 is 18.3 Å². The minimum Gasteiger partial charge on any atom is -0.471 e. The van der Waals surface area contributed by atoms with Crippen molar-refractivity contribution in [3.63, 3.8) is 0 Å². The van der Waals surface area contributed by atoms with Crippen LogP contribution in [0.25, 0.3) is 0 Å². The third-order valence-corrected chi connectivity index (χ3v) is 11.3. The third-order valence-electron chi connectivity index (χ3n) is 4.47. The van der Waals surface area contributed by atoms with Gasteiger partial charge in [-0.25, -0.2) is 0 Å². The number of hydrogen-bond donors (Lipinski definition) is 0. The molecule has 2 heterocycles. The van der Waals surface area contributed by atoms with E-state index < -0.39 is 8.32 Å². The summed E-state index contributed by atoms with van der Waals surface area (Å²) in [4.78, 5) is 0. The second-order valence-electron chi connectivity index (χ2n) is 6.52. The Balaban J connectivity index is 2.23. The zero-order chi connectivity index (χ0) is 14.9. The van der Waals surface area contributed by atoms with Crippen LogP contribution in [-0.2, 0) is 18.0 Å². The van der Waals surface area contributed by atoms with Gasteiger partial charge in [-0.05, 0) is 22.7 Å².